The summed E-state index contributed by atoms with van der Waals surface area (Å²) in [6, 6.07) is 0. The average Bonchev–Trinajstić information content (AvgIpc) is 3.09. The number of aliphatic hydroxyl groups is 2. The van der Waals surface area contributed by atoms with E-state index in [1.54, 1.807) is 12.7 Å². The summed E-state index contributed by atoms with van der Waals surface area (Å²) in [5, 5.41) is 24.6. The van der Waals surface area contributed by atoms with Gasteiger partial charge in [0.1, 0.15) is 7.11 Å². The van der Waals surface area contributed by atoms with Gasteiger partial charge in [-0.1, -0.05) is 64.1 Å². The largest absolute Gasteiger partial charge is 0.399 e. The number of rotatable bonds is 6. The molecular formula is C29H47NO3. The summed E-state index contributed by atoms with van der Waals surface area (Å²) in [6.07, 6.45) is 12.8. The molecule has 3 aliphatic carbocycles. The van der Waals surface area contributed by atoms with Crippen molar-refractivity contribution in [1.82, 2.24) is 0 Å². The first-order chi connectivity index (χ1) is 15.5. The van der Waals surface area contributed by atoms with Gasteiger partial charge in [-0.25, -0.2) is 0 Å². The maximum Gasteiger partial charge on any atom is 0.106 e. The van der Waals surface area contributed by atoms with Crippen molar-refractivity contribution in [2.24, 2.45) is 33.7 Å². The zero-order chi connectivity index (χ0) is 24.4. The van der Waals surface area contributed by atoms with Gasteiger partial charge in [-0.2, -0.15) is 0 Å². The number of hydrogen-bond acceptors (Lipinski definition) is 4. The molecule has 33 heavy (non-hydrogen) atoms. The summed E-state index contributed by atoms with van der Waals surface area (Å²) in [5.74, 6) is 2.03. The molecule has 0 saturated heterocycles. The molecule has 4 heteroatoms. The zero-order valence-electron chi connectivity index (χ0n) is 21.9. The third kappa shape index (κ3) is 5.82. The zero-order valence-corrected chi connectivity index (χ0v) is 21.9. The third-order valence-electron chi connectivity index (χ3n) is 8.89. The van der Waals surface area contributed by atoms with Crippen LogP contribution in [0.3, 0.4) is 0 Å². The Morgan fingerprint density at radius 3 is 2.67 bits per heavy atom. The van der Waals surface area contributed by atoms with Crippen molar-refractivity contribution in [2.75, 3.05) is 7.11 Å². The molecule has 0 radical (unpaired) electrons. The number of aliphatic hydroxyl groups excluding tert-OH is 2. The Morgan fingerprint density at radius 2 is 2.00 bits per heavy atom. The number of fused-ring (bicyclic) bond motifs is 1. The van der Waals surface area contributed by atoms with Crippen LogP contribution in [0.5, 0.6) is 0 Å². The van der Waals surface area contributed by atoms with E-state index in [1.807, 2.05) is 0 Å². The summed E-state index contributed by atoms with van der Waals surface area (Å²) in [5.41, 5.74) is 4.90. The van der Waals surface area contributed by atoms with Gasteiger partial charge in [0.2, 0.25) is 0 Å². The SMILES string of the molecule is C=C1/C(=C\C=C2/CCC[C@@]3(C)C2CC[C@@H]3[C@H](C)CC/C(=N\OC)C(C)(C)C)C[C@@H](O)C[C@@H]1O. The predicted molar refractivity (Wildman–Crippen MR) is 137 cm³/mol. The lowest BCUT2D eigenvalue weighted by atomic mass is 9.60. The van der Waals surface area contributed by atoms with E-state index in [2.05, 4.69) is 58.5 Å². The Labute approximate surface area is 201 Å². The van der Waals surface area contributed by atoms with Crippen molar-refractivity contribution in [1.29, 1.82) is 0 Å². The normalized spacial score (nSPS) is 36.8. The molecule has 3 saturated carbocycles. The molecule has 0 aromatic heterocycles. The van der Waals surface area contributed by atoms with Gasteiger partial charge in [0.25, 0.3) is 0 Å². The fourth-order valence-corrected chi connectivity index (χ4v) is 6.91. The second kappa shape index (κ2) is 10.5. The molecule has 3 aliphatic rings. The lowest BCUT2D eigenvalue weighted by Crippen LogP contribution is -2.36. The highest BCUT2D eigenvalue weighted by atomic mass is 16.6. The molecule has 0 aromatic rings. The van der Waals surface area contributed by atoms with E-state index in [4.69, 9.17) is 4.84 Å². The molecule has 1 unspecified atom stereocenters. The van der Waals surface area contributed by atoms with Crippen LogP contribution in [0.4, 0.5) is 0 Å². The molecule has 2 N–H and O–H groups in total. The minimum absolute atomic E-state index is 0.0381. The van der Waals surface area contributed by atoms with Gasteiger partial charge in [-0.3, -0.25) is 0 Å². The average molecular weight is 458 g/mol. The van der Waals surface area contributed by atoms with Crippen molar-refractivity contribution in [3.63, 3.8) is 0 Å². The van der Waals surface area contributed by atoms with Crippen LogP contribution in [-0.2, 0) is 4.84 Å². The summed E-state index contributed by atoms with van der Waals surface area (Å²) in [7, 11) is 1.65. The first-order valence-corrected chi connectivity index (χ1v) is 13.0. The molecule has 6 atom stereocenters. The number of nitrogens with zero attached hydrogens (tertiary/aromatic N) is 1. The highest BCUT2D eigenvalue weighted by Crippen LogP contribution is 2.60. The van der Waals surface area contributed by atoms with Crippen LogP contribution in [0.2, 0.25) is 0 Å². The number of allylic oxidation sites excluding steroid dienone is 3. The van der Waals surface area contributed by atoms with Gasteiger partial charge in [-0.15, -0.1) is 0 Å². The lowest BCUT2D eigenvalue weighted by Gasteiger charge is -2.44. The quantitative estimate of drug-likeness (QED) is 0.349. The Morgan fingerprint density at radius 1 is 1.27 bits per heavy atom. The molecule has 0 bridgehead atoms. The van der Waals surface area contributed by atoms with Crippen LogP contribution in [0.15, 0.2) is 40.6 Å². The monoisotopic (exact) mass is 457 g/mol. The van der Waals surface area contributed by atoms with Crippen LogP contribution in [0.25, 0.3) is 0 Å². The Hall–Kier alpha value is -1.39. The maximum atomic E-state index is 10.2. The maximum absolute atomic E-state index is 10.2. The fourth-order valence-electron chi connectivity index (χ4n) is 6.91. The number of hydrogen-bond donors (Lipinski definition) is 2. The number of oxime groups is 1. The Balaban J connectivity index is 1.72. The van der Waals surface area contributed by atoms with Gasteiger partial charge in [0, 0.05) is 11.8 Å². The van der Waals surface area contributed by atoms with E-state index in [0.717, 1.165) is 42.0 Å². The van der Waals surface area contributed by atoms with E-state index in [0.29, 0.717) is 30.1 Å². The summed E-state index contributed by atoms with van der Waals surface area (Å²) in [6.45, 7) is 15.7. The van der Waals surface area contributed by atoms with Crippen molar-refractivity contribution < 1.29 is 15.1 Å². The molecule has 3 fully saturated rings. The molecule has 186 valence electrons. The second-order valence-corrected chi connectivity index (χ2v) is 12.2. The lowest BCUT2D eigenvalue weighted by molar-refractivity contribution is 0.0861. The van der Waals surface area contributed by atoms with Crippen LogP contribution >= 0.6 is 0 Å². The second-order valence-electron chi connectivity index (χ2n) is 12.2. The summed E-state index contributed by atoms with van der Waals surface area (Å²) >= 11 is 0. The van der Waals surface area contributed by atoms with Gasteiger partial charge >= 0.3 is 0 Å². The fraction of sp³-hybridized carbons (Fsp3) is 0.759. The van der Waals surface area contributed by atoms with Gasteiger partial charge in [-0.05, 0) is 85.7 Å². The first-order valence-electron chi connectivity index (χ1n) is 13.0. The standard InChI is InChI=1S/C29H47NO3/c1-19(10-15-27(30-33-7)28(3,4)5)24-13-14-25-21(9-8-16-29(24,25)6)11-12-22-17-23(31)18-26(32)20(22)2/h11-12,19,23-26,31-32H,2,8-10,13-18H2,1,3-7H3/b21-11+,22-12-,30-27+/t19-,23-,24-,25?,26+,29-/m1/s1. The molecular weight excluding hydrogens is 410 g/mol. The van der Waals surface area contributed by atoms with Crippen molar-refractivity contribution in [3.05, 3.63) is 35.5 Å². The first kappa shape index (κ1) is 26.2. The summed E-state index contributed by atoms with van der Waals surface area (Å²) in [4.78, 5) is 5.14. The van der Waals surface area contributed by atoms with Crippen LogP contribution in [-0.4, -0.2) is 35.2 Å². The van der Waals surface area contributed by atoms with E-state index < -0.39 is 12.2 Å². The topological polar surface area (TPSA) is 62.0 Å². The van der Waals surface area contributed by atoms with Crippen LogP contribution in [0.1, 0.15) is 92.4 Å². The van der Waals surface area contributed by atoms with Crippen molar-refractivity contribution in [2.45, 2.75) is 105 Å². The smallest absolute Gasteiger partial charge is 0.106 e. The van der Waals surface area contributed by atoms with Crippen molar-refractivity contribution >= 4 is 5.71 Å². The molecule has 4 nitrogen and oxygen atoms in total. The van der Waals surface area contributed by atoms with Crippen LogP contribution in [0, 0.1) is 28.6 Å². The van der Waals surface area contributed by atoms with E-state index >= 15 is 0 Å². The molecule has 0 heterocycles. The van der Waals surface area contributed by atoms with Crippen LogP contribution < -0.4 is 0 Å². The molecule has 0 aliphatic heterocycles. The van der Waals surface area contributed by atoms with E-state index in [-0.39, 0.29) is 5.41 Å². The molecule has 0 amide bonds. The summed E-state index contributed by atoms with van der Waals surface area (Å²) < 4.78 is 0. The predicted octanol–water partition coefficient (Wildman–Crippen LogP) is 6.59. The minimum Gasteiger partial charge on any atom is -0.399 e. The Bertz CT molecular complexity index is 802. The van der Waals surface area contributed by atoms with E-state index in [9.17, 15) is 10.2 Å². The third-order valence-corrected chi connectivity index (χ3v) is 8.89. The molecule has 0 spiro atoms. The molecule has 3 rings (SSSR count). The molecule has 0 aromatic carbocycles. The van der Waals surface area contributed by atoms with Gasteiger partial charge in [0.15, 0.2) is 0 Å². The van der Waals surface area contributed by atoms with Gasteiger partial charge in [0.05, 0.1) is 17.9 Å². The Kier molecular flexibility index (Phi) is 8.32. The van der Waals surface area contributed by atoms with E-state index in [1.165, 1.54) is 25.7 Å². The van der Waals surface area contributed by atoms with Crippen molar-refractivity contribution in [3.8, 4) is 0 Å². The highest BCUT2D eigenvalue weighted by Gasteiger charge is 2.50. The highest BCUT2D eigenvalue weighted by molar-refractivity contribution is 5.88. The minimum atomic E-state index is -0.619. The van der Waals surface area contributed by atoms with Gasteiger partial charge < -0.3 is 15.1 Å².